The van der Waals surface area contributed by atoms with Crippen molar-refractivity contribution in [2.24, 2.45) is 0 Å². The lowest BCUT2D eigenvalue weighted by atomic mass is 9.77. The molecule has 1 aliphatic carbocycles. The largest absolute Gasteiger partial charge is 0.504 e. The summed E-state index contributed by atoms with van der Waals surface area (Å²) < 4.78 is 16.0. The molecule has 3 heterocycles. The molecule has 7 rings (SSSR count). The van der Waals surface area contributed by atoms with Crippen molar-refractivity contribution in [2.45, 2.75) is 44.2 Å². The first kappa shape index (κ1) is 33.1. The van der Waals surface area contributed by atoms with Gasteiger partial charge in [0, 0.05) is 56.3 Å². The molecule has 0 bridgehead atoms. The summed E-state index contributed by atoms with van der Waals surface area (Å²) in [6.45, 7) is 2.97. The van der Waals surface area contributed by atoms with Crippen LogP contribution in [0.4, 0.5) is 11.8 Å². The number of fused-ring (bicyclic) bond motifs is 3. The van der Waals surface area contributed by atoms with Gasteiger partial charge in [-0.1, -0.05) is 24.3 Å². The number of rotatable bonds is 8. The summed E-state index contributed by atoms with van der Waals surface area (Å²) in [6, 6.07) is 13.8. The third-order valence-electron chi connectivity index (χ3n) is 9.47. The Kier molecular flexibility index (Phi) is 9.74. The Balaban J connectivity index is 0.000000176. The van der Waals surface area contributed by atoms with Crippen LogP contribution in [-0.4, -0.2) is 91.6 Å². The van der Waals surface area contributed by atoms with Crippen LogP contribution < -0.4 is 25.4 Å². The molecule has 254 valence electrons. The van der Waals surface area contributed by atoms with Crippen molar-refractivity contribution >= 4 is 28.6 Å². The lowest BCUT2D eigenvalue weighted by Crippen LogP contribution is -2.36. The molecule has 48 heavy (non-hydrogen) atoms. The third kappa shape index (κ3) is 6.50. The van der Waals surface area contributed by atoms with Gasteiger partial charge in [0.05, 0.1) is 19.7 Å². The zero-order valence-corrected chi connectivity index (χ0v) is 28.0. The highest BCUT2D eigenvalue weighted by Crippen LogP contribution is 2.49. The van der Waals surface area contributed by atoms with Crippen LogP contribution in [0, 0.1) is 0 Å². The van der Waals surface area contributed by atoms with E-state index < -0.39 is 0 Å². The number of carbonyl (C=O) groups is 1. The van der Waals surface area contributed by atoms with E-state index in [2.05, 4.69) is 45.4 Å². The number of aromatic nitrogens is 2. The van der Waals surface area contributed by atoms with Gasteiger partial charge in [-0.05, 0) is 73.5 Å². The Labute approximate surface area is 280 Å². The van der Waals surface area contributed by atoms with E-state index in [1.165, 1.54) is 11.1 Å². The Hall–Kier alpha value is -4.81. The minimum atomic E-state index is -0.298. The molecule has 12 heteroatoms. The van der Waals surface area contributed by atoms with Gasteiger partial charge in [-0.15, -0.1) is 0 Å². The molecule has 0 spiro atoms. The topological polar surface area (TPSA) is 156 Å². The van der Waals surface area contributed by atoms with E-state index in [1.807, 2.05) is 18.0 Å². The van der Waals surface area contributed by atoms with Gasteiger partial charge < -0.3 is 40.4 Å². The predicted molar refractivity (Wildman–Crippen MR) is 185 cm³/mol. The molecule has 2 aliphatic heterocycles. The summed E-state index contributed by atoms with van der Waals surface area (Å²) in [4.78, 5) is 25.2. The second-order valence-corrected chi connectivity index (χ2v) is 12.5. The molecule has 12 nitrogen and oxygen atoms in total. The highest BCUT2D eigenvalue weighted by molar-refractivity contribution is 5.91. The Morgan fingerprint density at radius 2 is 1.92 bits per heavy atom. The van der Waals surface area contributed by atoms with Gasteiger partial charge in [-0.25, -0.2) is 4.98 Å². The average molecular weight is 657 g/mol. The van der Waals surface area contributed by atoms with Crippen LogP contribution in [0.1, 0.15) is 42.0 Å². The molecule has 0 saturated carbocycles. The van der Waals surface area contributed by atoms with Gasteiger partial charge >= 0.3 is 0 Å². The van der Waals surface area contributed by atoms with Gasteiger partial charge in [0.15, 0.2) is 23.0 Å². The van der Waals surface area contributed by atoms with Crippen molar-refractivity contribution in [3.8, 4) is 34.1 Å². The Morgan fingerprint density at radius 1 is 1.12 bits per heavy atom. The predicted octanol–water partition coefficient (Wildman–Crippen LogP) is 4.20. The zero-order valence-electron chi connectivity index (χ0n) is 28.0. The average Bonchev–Trinajstić information content (AvgIpc) is 3.65. The number of ether oxygens (including phenoxy) is 3. The van der Waals surface area contributed by atoms with Crippen LogP contribution in [0.3, 0.4) is 0 Å². The van der Waals surface area contributed by atoms with Crippen LogP contribution >= 0.6 is 0 Å². The van der Waals surface area contributed by atoms with Crippen molar-refractivity contribution in [1.29, 1.82) is 0 Å². The van der Waals surface area contributed by atoms with Gasteiger partial charge in [0.2, 0.25) is 11.9 Å². The summed E-state index contributed by atoms with van der Waals surface area (Å²) in [5.41, 5.74) is 12.5. The van der Waals surface area contributed by atoms with Gasteiger partial charge in [0.1, 0.15) is 11.9 Å². The van der Waals surface area contributed by atoms with Crippen molar-refractivity contribution in [2.75, 3.05) is 65.2 Å². The fourth-order valence-corrected chi connectivity index (χ4v) is 6.84. The first-order valence-electron chi connectivity index (χ1n) is 16.4. The number of phenolic OH excluding ortho intramolecular Hbond substituents is 2. The summed E-state index contributed by atoms with van der Waals surface area (Å²) in [6.07, 6.45) is 4.13. The van der Waals surface area contributed by atoms with Crippen LogP contribution in [0.25, 0.3) is 22.0 Å². The fraction of sp³-hybridized carbons (Fsp3) is 0.417. The molecule has 1 fully saturated rings. The molecule has 1 amide bonds. The number of amides is 1. The van der Waals surface area contributed by atoms with E-state index in [-0.39, 0.29) is 23.5 Å². The Morgan fingerprint density at radius 3 is 2.67 bits per heavy atom. The van der Waals surface area contributed by atoms with Crippen LogP contribution in [0.2, 0.25) is 0 Å². The van der Waals surface area contributed by atoms with Crippen molar-refractivity contribution in [3.63, 3.8) is 0 Å². The number of phenols is 2. The number of nitrogens with one attached hydrogen (secondary N) is 1. The number of anilines is 2. The zero-order chi connectivity index (χ0) is 33.9. The molecule has 3 aliphatic rings. The van der Waals surface area contributed by atoms with E-state index in [0.29, 0.717) is 59.9 Å². The van der Waals surface area contributed by atoms with Crippen LogP contribution in [0.15, 0.2) is 42.5 Å². The molecule has 5 N–H and O–H groups in total. The quantitative estimate of drug-likeness (QED) is 0.159. The number of nitrogens with two attached hydrogens (primary N) is 1. The van der Waals surface area contributed by atoms with E-state index in [1.54, 1.807) is 32.4 Å². The Bertz CT molecular complexity index is 1810. The number of hydrogen-bond acceptors (Lipinski definition) is 11. The van der Waals surface area contributed by atoms with Crippen molar-refractivity contribution in [3.05, 3.63) is 59.2 Å². The molecule has 2 atom stereocenters. The van der Waals surface area contributed by atoms with Crippen LogP contribution in [0.5, 0.6) is 23.0 Å². The second-order valence-electron chi connectivity index (χ2n) is 12.5. The highest BCUT2D eigenvalue weighted by Gasteiger charge is 2.34. The minimum Gasteiger partial charge on any atom is -0.504 e. The number of hydrogen-bond donors (Lipinski definition) is 4. The smallest absolute Gasteiger partial charge is 0.249 e. The fourth-order valence-electron chi connectivity index (χ4n) is 6.84. The highest BCUT2D eigenvalue weighted by atomic mass is 16.5. The molecule has 1 unspecified atom stereocenters. The standard InChI is InChI=1S/C19H27N5O4.C17H17NO2/c1-24(8-5-7-21-18(25)14-6-4-9-28-14)19-22-13-11-16(27-3)15(26-2)10-12(13)17(20)23-19;1-18-8-7-10-3-2-4-12-15(10)13(18)9-11-5-6-14(19)17(20)16(11)12/h10-11,14H,4-9H2,1-3H3,(H,21,25)(H2,20,22,23);2-6,13,19-20H,7-9H2,1H3/t;13-/m.1/s1. The maximum absolute atomic E-state index is 12.0. The lowest BCUT2D eigenvalue weighted by molar-refractivity contribution is -0.130. The molecule has 0 radical (unpaired) electrons. The van der Waals surface area contributed by atoms with E-state index in [9.17, 15) is 15.0 Å². The monoisotopic (exact) mass is 656 g/mol. The van der Waals surface area contributed by atoms with Gasteiger partial charge in [-0.2, -0.15) is 4.98 Å². The molecular formula is C36H44N6O6. The number of methoxy groups -OCH3 is 2. The summed E-state index contributed by atoms with van der Waals surface area (Å²) >= 11 is 0. The minimum absolute atomic E-state index is 0.0163. The molecule has 4 aromatic rings. The third-order valence-corrected chi connectivity index (χ3v) is 9.47. The van der Waals surface area contributed by atoms with Crippen molar-refractivity contribution in [1.82, 2.24) is 20.2 Å². The normalized spacial score (nSPS) is 17.9. The van der Waals surface area contributed by atoms with E-state index >= 15 is 0 Å². The van der Waals surface area contributed by atoms with Gasteiger partial charge in [-0.3, -0.25) is 9.69 Å². The first-order valence-corrected chi connectivity index (χ1v) is 16.4. The maximum atomic E-state index is 12.0. The lowest BCUT2D eigenvalue weighted by Gasteiger charge is -2.39. The van der Waals surface area contributed by atoms with Gasteiger partial charge in [0.25, 0.3) is 0 Å². The van der Waals surface area contributed by atoms with Crippen molar-refractivity contribution < 1.29 is 29.2 Å². The number of nitrogen functional groups attached to an aromatic ring is 1. The maximum Gasteiger partial charge on any atom is 0.249 e. The molecule has 3 aromatic carbocycles. The number of benzene rings is 3. The number of nitrogens with zero attached hydrogens (tertiary/aromatic N) is 4. The summed E-state index contributed by atoms with van der Waals surface area (Å²) in [7, 11) is 7.20. The molecule has 1 aromatic heterocycles. The number of carbonyl (C=O) groups excluding carboxylic acids is 1. The van der Waals surface area contributed by atoms with E-state index in [4.69, 9.17) is 19.9 Å². The number of likely N-dealkylation sites (N-methyl/N-ethyl adjacent to an activating group) is 1. The van der Waals surface area contributed by atoms with E-state index in [0.717, 1.165) is 55.3 Å². The summed E-state index contributed by atoms with van der Waals surface area (Å²) in [5.74, 6) is 1.99. The van der Waals surface area contributed by atoms with Crippen LogP contribution in [-0.2, 0) is 22.4 Å². The molecular weight excluding hydrogens is 612 g/mol. The number of aromatic hydroxyl groups is 2. The first-order chi connectivity index (χ1) is 23.2. The summed E-state index contributed by atoms with van der Waals surface area (Å²) in [5, 5.41) is 23.7. The molecule has 1 saturated heterocycles. The SMILES string of the molecule is CN1CCc2cccc3c2[C@H]1Cc1ccc(O)c(O)c1-3.COc1cc2nc(N(C)CCCNC(=O)C3CCCO3)nc(N)c2cc1OC. The second kappa shape index (κ2) is 14.1.